The minimum Gasteiger partial charge on any atom is -0.489 e. The number of hydrazone groups is 1. The van der Waals surface area contributed by atoms with Crippen molar-refractivity contribution < 1.29 is 14.3 Å². The lowest BCUT2D eigenvalue weighted by molar-refractivity contribution is -0.139. The van der Waals surface area contributed by atoms with Crippen LogP contribution in [0.2, 0.25) is 5.02 Å². The number of benzene rings is 3. The van der Waals surface area contributed by atoms with Gasteiger partial charge in [0.05, 0.1) is 6.21 Å². The van der Waals surface area contributed by atoms with Gasteiger partial charge in [-0.2, -0.15) is 5.10 Å². The van der Waals surface area contributed by atoms with E-state index < -0.39 is 11.8 Å². The summed E-state index contributed by atoms with van der Waals surface area (Å²) in [6, 6.07) is 23.9. The second-order valence-electron chi connectivity index (χ2n) is 6.32. The summed E-state index contributed by atoms with van der Waals surface area (Å²) >= 11 is 6.11. The lowest BCUT2D eigenvalue weighted by atomic mass is 10.2. The summed E-state index contributed by atoms with van der Waals surface area (Å²) in [6.45, 7) is 0.633. The largest absolute Gasteiger partial charge is 0.489 e. The average Bonchev–Trinajstić information content (AvgIpc) is 2.78. The minimum absolute atomic E-state index is 0.270. The number of carbonyl (C=O) groups excluding carboxylic acids is 2. The molecule has 0 spiro atoms. The fourth-order valence-corrected chi connectivity index (χ4v) is 2.69. The van der Waals surface area contributed by atoms with E-state index in [0.717, 1.165) is 16.7 Å². The molecule has 7 heteroatoms. The predicted molar refractivity (Wildman–Crippen MR) is 116 cm³/mol. The molecule has 2 N–H and O–H groups in total. The molecule has 6 nitrogen and oxygen atoms in total. The van der Waals surface area contributed by atoms with Gasteiger partial charge in [0.1, 0.15) is 12.4 Å². The average molecular weight is 422 g/mol. The number of hydrogen-bond donors (Lipinski definition) is 2. The molecule has 3 rings (SSSR count). The predicted octanol–water partition coefficient (Wildman–Crippen LogP) is 3.69. The van der Waals surface area contributed by atoms with Crippen molar-refractivity contribution in [3.05, 3.63) is 101 Å². The lowest BCUT2D eigenvalue weighted by Crippen LogP contribution is -2.37. The molecule has 0 aliphatic heterocycles. The second-order valence-corrected chi connectivity index (χ2v) is 6.72. The zero-order valence-electron chi connectivity index (χ0n) is 16.0. The number of hydrogen-bond acceptors (Lipinski definition) is 4. The highest BCUT2D eigenvalue weighted by molar-refractivity contribution is 6.35. The van der Waals surface area contributed by atoms with Gasteiger partial charge in [0.25, 0.3) is 0 Å². The van der Waals surface area contributed by atoms with Crippen molar-refractivity contribution in [3.8, 4) is 5.75 Å². The van der Waals surface area contributed by atoms with Crippen molar-refractivity contribution in [1.82, 2.24) is 10.7 Å². The first-order chi connectivity index (χ1) is 14.6. The van der Waals surface area contributed by atoms with Crippen LogP contribution in [0.25, 0.3) is 0 Å². The Bertz CT molecular complexity index is 1020. The zero-order valence-corrected chi connectivity index (χ0v) is 16.8. The highest BCUT2D eigenvalue weighted by Crippen LogP contribution is 2.18. The first kappa shape index (κ1) is 21.1. The van der Waals surface area contributed by atoms with Gasteiger partial charge >= 0.3 is 11.8 Å². The third kappa shape index (κ3) is 6.46. The molecule has 0 aliphatic rings. The molecular weight excluding hydrogens is 402 g/mol. The van der Waals surface area contributed by atoms with E-state index in [-0.39, 0.29) is 6.54 Å². The Kier molecular flexibility index (Phi) is 7.58. The van der Waals surface area contributed by atoms with Gasteiger partial charge in [0.2, 0.25) is 0 Å². The monoisotopic (exact) mass is 421 g/mol. The van der Waals surface area contributed by atoms with Crippen LogP contribution < -0.4 is 15.5 Å². The van der Waals surface area contributed by atoms with Crippen LogP contribution in [0.1, 0.15) is 16.7 Å². The van der Waals surface area contributed by atoms with Crippen LogP contribution in [0.4, 0.5) is 0 Å². The molecule has 0 saturated heterocycles. The molecule has 0 aromatic heterocycles. The minimum atomic E-state index is -0.832. The van der Waals surface area contributed by atoms with Crippen molar-refractivity contribution >= 4 is 29.6 Å². The third-order valence-corrected chi connectivity index (χ3v) is 4.48. The van der Waals surface area contributed by atoms with Crippen LogP contribution in [0.15, 0.2) is 84.0 Å². The van der Waals surface area contributed by atoms with Crippen LogP contribution in [0.3, 0.4) is 0 Å². The summed E-state index contributed by atoms with van der Waals surface area (Å²) in [4.78, 5) is 23.6. The van der Waals surface area contributed by atoms with E-state index in [1.54, 1.807) is 24.3 Å². The molecule has 0 unspecified atom stereocenters. The molecular formula is C23H20ClN3O3. The number of amides is 2. The van der Waals surface area contributed by atoms with E-state index in [1.165, 1.54) is 6.21 Å². The number of halogens is 1. The van der Waals surface area contributed by atoms with Crippen LogP contribution >= 0.6 is 11.6 Å². The molecule has 3 aromatic rings. The number of carbonyl (C=O) groups is 2. The Labute approximate surface area is 179 Å². The Morgan fingerprint density at radius 1 is 0.900 bits per heavy atom. The Balaban J connectivity index is 1.43. The van der Waals surface area contributed by atoms with E-state index in [1.807, 2.05) is 54.6 Å². The van der Waals surface area contributed by atoms with Gasteiger partial charge in [-0.05, 0) is 41.5 Å². The molecule has 3 aromatic carbocycles. The van der Waals surface area contributed by atoms with Crippen LogP contribution in [-0.2, 0) is 22.7 Å². The van der Waals surface area contributed by atoms with Crippen LogP contribution in [0.5, 0.6) is 5.75 Å². The molecule has 0 atom stereocenters. The van der Waals surface area contributed by atoms with Crippen molar-refractivity contribution in [2.45, 2.75) is 13.2 Å². The number of nitrogens with zero attached hydrogens (tertiary/aromatic N) is 1. The van der Waals surface area contributed by atoms with Crippen molar-refractivity contribution in [2.75, 3.05) is 0 Å². The fraction of sp³-hybridized carbons (Fsp3) is 0.0870. The first-order valence-electron chi connectivity index (χ1n) is 9.23. The van der Waals surface area contributed by atoms with E-state index in [0.29, 0.717) is 17.4 Å². The summed E-state index contributed by atoms with van der Waals surface area (Å²) < 4.78 is 5.71. The van der Waals surface area contributed by atoms with Crippen molar-refractivity contribution in [1.29, 1.82) is 0 Å². The van der Waals surface area contributed by atoms with Gasteiger partial charge in [-0.15, -0.1) is 0 Å². The third-order valence-electron chi connectivity index (χ3n) is 4.11. The van der Waals surface area contributed by atoms with Gasteiger partial charge in [-0.1, -0.05) is 60.1 Å². The van der Waals surface area contributed by atoms with Gasteiger partial charge in [-0.3, -0.25) is 9.59 Å². The van der Waals surface area contributed by atoms with Gasteiger partial charge in [0.15, 0.2) is 0 Å². The normalized spacial score (nSPS) is 10.6. The molecule has 152 valence electrons. The summed E-state index contributed by atoms with van der Waals surface area (Å²) in [6.07, 6.45) is 1.44. The van der Waals surface area contributed by atoms with Crippen LogP contribution in [0, 0.1) is 0 Å². The number of ether oxygens (including phenoxy) is 1. The van der Waals surface area contributed by atoms with Crippen LogP contribution in [-0.4, -0.2) is 18.0 Å². The highest BCUT2D eigenvalue weighted by Gasteiger charge is 2.11. The summed E-state index contributed by atoms with van der Waals surface area (Å²) in [5.41, 5.74) is 4.75. The van der Waals surface area contributed by atoms with E-state index >= 15 is 0 Å². The van der Waals surface area contributed by atoms with Crippen molar-refractivity contribution in [3.63, 3.8) is 0 Å². The summed E-state index contributed by atoms with van der Waals surface area (Å²) in [7, 11) is 0. The Morgan fingerprint density at radius 3 is 2.33 bits per heavy atom. The zero-order chi connectivity index (χ0) is 21.2. The highest BCUT2D eigenvalue weighted by atomic mass is 35.5. The van der Waals surface area contributed by atoms with Gasteiger partial charge in [0, 0.05) is 17.1 Å². The Morgan fingerprint density at radius 2 is 1.60 bits per heavy atom. The maximum atomic E-state index is 11.8. The topological polar surface area (TPSA) is 79.8 Å². The fourth-order valence-electron chi connectivity index (χ4n) is 2.50. The molecule has 0 heterocycles. The molecule has 0 saturated carbocycles. The first-order valence-corrected chi connectivity index (χ1v) is 9.61. The molecule has 0 radical (unpaired) electrons. The quantitative estimate of drug-likeness (QED) is 0.347. The molecule has 2 amide bonds. The second kappa shape index (κ2) is 10.8. The van der Waals surface area contributed by atoms with E-state index in [9.17, 15) is 9.59 Å². The van der Waals surface area contributed by atoms with E-state index in [4.69, 9.17) is 16.3 Å². The number of rotatable bonds is 7. The maximum absolute atomic E-state index is 11.8. The Hall–Kier alpha value is -3.64. The number of nitrogens with one attached hydrogen (secondary N) is 2. The SMILES string of the molecule is O=C(NCc1ccccc1)C(=O)NN=Cc1ccc(OCc2ccccc2Cl)cc1. The standard InChI is InChI=1S/C23H20ClN3O3/c24-21-9-5-4-8-19(21)16-30-20-12-10-18(11-13-20)15-26-27-23(29)22(28)25-14-17-6-2-1-3-7-17/h1-13,15H,14,16H2,(H,25,28)(H,27,29). The van der Waals surface area contributed by atoms with Crippen molar-refractivity contribution in [2.24, 2.45) is 5.10 Å². The van der Waals surface area contributed by atoms with Gasteiger partial charge < -0.3 is 10.1 Å². The van der Waals surface area contributed by atoms with Gasteiger partial charge in [-0.25, -0.2) is 5.43 Å². The molecule has 0 fully saturated rings. The maximum Gasteiger partial charge on any atom is 0.329 e. The summed E-state index contributed by atoms with van der Waals surface area (Å²) in [5.74, 6) is -0.905. The molecule has 30 heavy (non-hydrogen) atoms. The lowest BCUT2D eigenvalue weighted by Gasteiger charge is -2.07. The summed E-state index contributed by atoms with van der Waals surface area (Å²) in [5, 5.41) is 7.00. The smallest absolute Gasteiger partial charge is 0.329 e. The molecule has 0 bridgehead atoms. The van der Waals surface area contributed by atoms with E-state index in [2.05, 4.69) is 15.8 Å². The molecule has 0 aliphatic carbocycles.